The molecule has 1 fully saturated rings. The highest BCUT2D eigenvalue weighted by Crippen LogP contribution is 2.24. The fraction of sp³-hybridized carbons (Fsp3) is 0.538. The predicted molar refractivity (Wildman–Crippen MR) is 68.1 cm³/mol. The topological polar surface area (TPSA) is 42.0 Å². The Morgan fingerprint density at radius 2 is 2.35 bits per heavy atom. The molecule has 0 radical (unpaired) electrons. The summed E-state index contributed by atoms with van der Waals surface area (Å²) in [5.74, 6) is 0.584. The predicted octanol–water partition coefficient (Wildman–Crippen LogP) is 3.04. The van der Waals surface area contributed by atoms with Crippen molar-refractivity contribution in [1.82, 2.24) is 10.3 Å². The summed E-state index contributed by atoms with van der Waals surface area (Å²) in [7, 11) is 0. The first kappa shape index (κ1) is 12.4. The molecule has 0 aromatic carbocycles. The van der Waals surface area contributed by atoms with Gasteiger partial charge in [-0.25, -0.2) is 0 Å². The molecule has 1 aliphatic carbocycles. The Labute approximate surface area is 107 Å². The molecule has 4 heteroatoms. The zero-order valence-electron chi connectivity index (χ0n) is 9.95. The number of hydrogen-bond donors (Lipinski definition) is 1. The van der Waals surface area contributed by atoms with E-state index in [4.69, 9.17) is 11.6 Å². The zero-order valence-corrected chi connectivity index (χ0v) is 10.7. The van der Waals surface area contributed by atoms with Crippen LogP contribution >= 0.6 is 11.6 Å². The van der Waals surface area contributed by atoms with E-state index in [1.54, 1.807) is 12.3 Å². The molecule has 1 aliphatic rings. The highest BCUT2D eigenvalue weighted by atomic mass is 35.5. The third-order valence-electron chi connectivity index (χ3n) is 3.28. The van der Waals surface area contributed by atoms with Gasteiger partial charge in [-0.2, -0.15) is 0 Å². The monoisotopic (exact) mass is 252 g/mol. The van der Waals surface area contributed by atoms with E-state index in [0.29, 0.717) is 16.5 Å². The number of aromatic nitrogens is 1. The summed E-state index contributed by atoms with van der Waals surface area (Å²) in [6, 6.07) is 1.92. The summed E-state index contributed by atoms with van der Waals surface area (Å²) in [5.41, 5.74) is 0.465. The van der Waals surface area contributed by atoms with Gasteiger partial charge in [0.05, 0.1) is 10.6 Å². The summed E-state index contributed by atoms with van der Waals surface area (Å²) < 4.78 is 0. The third kappa shape index (κ3) is 3.19. The molecule has 3 nitrogen and oxygen atoms in total. The van der Waals surface area contributed by atoms with Crippen LogP contribution in [-0.4, -0.2) is 16.9 Å². The molecule has 2 unspecified atom stereocenters. The lowest BCUT2D eigenvalue weighted by Crippen LogP contribution is -2.38. The minimum Gasteiger partial charge on any atom is -0.349 e. The Morgan fingerprint density at radius 3 is 3.06 bits per heavy atom. The Balaban J connectivity index is 1.99. The summed E-state index contributed by atoms with van der Waals surface area (Å²) in [4.78, 5) is 15.9. The second-order valence-electron chi connectivity index (χ2n) is 4.80. The fourth-order valence-corrected chi connectivity index (χ4v) is 2.56. The second-order valence-corrected chi connectivity index (χ2v) is 5.20. The van der Waals surface area contributed by atoms with Crippen LogP contribution in [0.4, 0.5) is 0 Å². The molecular formula is C13H17ClN2O. The Bertz CT molecular complexity index is 408. The van der Waals surface area contributed by atoms with Crippen molar-refractivity contribution in [1.29, 1.82) is 0 Å². The average Bonchev–Trinajstić information content (AvgIpc) is 2.29. The molecule has 2 rings (SSSR count). The maximum atomic E-state index is 12.0. The number of hydrogen-bond acceptors (Lipinski definition) is 2. The molecule has 1 amide bonds. The lowest BCUT2D eigenvalue weighted by atomic mass is 9.87. The quantitative estimate of drug-likeness (QED) is 0.879. The molecule has 0 aliphatic heterocycles. The first-order chi connectivity index (χ1) is 8.16. The van der Waals surface area contributed by atoms with E-state index in [-0.39, 0.29) is 11.9 Å². The van der Waals surface area contributed by atoms with Crippen LogP contribution in [0.25, 0.3) is 0 Å². The van der Waals surface area contributed by atoms with Crippen molar-refractivity contribution >= 4 is 17.5 Å². The van der Waals surface area contributed by atoms with Crippen molar-refractivity contribution in [3.63, 3.8) is 0 Å². The molecule has 1 heterocycles. The van der Waals surface area contributed by atoms with Crippen LogP contribution < -0.4 is 5.32 Å². The van der Waals surface area contributed by atoms with Crippen LogP contribution in [0.5, 0.6) is 0 Å². The van der Waals surface area contributed by atoms with Crippen molar-refractivity contribution in [2.75, 3.05) is 0 Å². The van der Waals surface area contributed by atoms with E-state index in [1.165, 1.54) is 19.0 Å². The number of carbonyl (C=O) groups excluding carboxylic acids is 1. The average molecular weight is 253 g/mol. The summed E-state index contributed by atoms with van der Waals surface area (Å²) in [6.45, 7) is 2.23. The van der Waals surface area contributed by atoms with E-state index in [2.05, 4.69) is 17.2 Å². The molecule has 1 aromatic heterocycles. The van der Waals surface area contributed by atoms with Gasteiger partial charge in [-0.15, -0.1) is 0 Å². The van der Waals surface area contributed by atoms with Crippen LogP contribution in [0, 0.1) is 5.92 Å². The van der Waals surface area contributed by atoms with Gasteiger partial charge in [0.15, 0.2) is 0 Å². The Hall–Kier alpha value is -1.09. The maximum Gasteiger partial charge on any atom is 0.254 e. The van der Waals surface area contributed by atoms with Crippen molar-refractivity contribution in [2.24, 2.45) is 5.92 Å². The molecule has 0 bridgehead atoms. The van der Waals surface area contributed by atoms with Gasteiger partial charge in [0.25, 0.3) is 5.91 Å². The van der Waals surface area contributed by atoms with Gasteiger partial charge in [-0.3, -0.25) is 9.78 Å². The summed E-state index contributed by atoms with van der Waals surface area (Å²) in [6.07, 6.45) is 7.68. The molecule has 2 atom stereocenters. The standard InChI is InChI=1S/C13H17ClN2O/c1-9-3-2-4-10(7-9)16-13(17)11-8-15-6-5-12(11)14/h5-6,8-10H,2-4,7H2,1H3,(H,16,17). The first-order valence-electron chi connectivity index (χ1n) is 6.07. The lowest BCUT2D eigenvalue weighted by Gasteiger charge is -2.27. The first-order valence-corrected chi connectivity index (χ1v) is 6.45. The second kappa shape index (κ2) is 5.50. The van der Waals surface area contributed by atoms with Gasteiger partial charge < -0.3 is 5.32 Å². The summed E-state index contributed by atoms with van der Waals surface area (Å²) in [5, 5.41) is 3.50. The van der Waals surface area contributed by atoms with E-state index >= 15 is 0 Å². The number of nitrogens with zero attached hydrogens (tertiary/aromatic N) is 1. The minimum atomic E-state index is -0.109. The molecule has 1 N–H and O–H groups in total. The van der Waals surface area contributed by atoms with Crippen LogP contribution in [-0.2, 0) is 0 Å². The fourth-order valence-electron chi connectivity index (χ4n) is 2.37. The van der Waals surface area contributed by atoms with Gasteiger partial charge in [0, 0.05) is 18.4 Å². The number of halogens is 1. The number of pyridine rings is 1. The lowest BCUT2D eigenvalue weighted by molar-refractivity contribution is 0.0921. The molecular weight excluding hydrogens is 236 g/mol. The number of nitrogens with one attached hydrogen (secondary N) is 1. The van der Waals surface area contributed by atoms with Crippen molar-refractivity contribution in [3.05, 3.63) is 29.0 Å². The zero-order chi connectivity index (χ0) is 12.3. The Morgan fingerprint density at radius 1 is 1.53 bits per heavy atom. The van der Waals surface area contributed by atoms with Gasteiger partial charge >= 0.3 is 0 Å². The third-order valence-corrected chi connectivity index (χ3v) is 3.61. The van der Waals surface area contributed by atoms with Crippen molar-refractivity contribution in [2.45, 2.75) is 38.6 Å². The number of rotatable bonds is 2. The molecule has 0 saturated heterocycles. The van der Waals surface area contributed by atoms with Crippen LogP contribution in [0.15, 0.2) is 18.5 Å². The van der Waals surface area contributed by atoms with Crippen LogP contribution in [0.3, 0.4) is 0 Å². The van der Waals surface area contributed by atoms with Crippen molar-refractivity contribution < 1.29 is 4.79 Å². The van der Waals surface area contributed by atoms with Gasteiger partial charge in [-0.05, 0) is 24.8 Å². The van der Waals surface area contributed by atoms with E-state index in [1.807, 2.05) is 0 Å². The Kier molecular flexibility index (Phi) is 4.00. The van der Waals surface area contributed by atoms with E-state index in [9.17, 15) is 4.79 Å². The molecule has 1 saturated carbocycles. The van der Waals surface area contributed by atoms with E-state index < -0.39 is 0 Å². The number of carbonyl (C=O) groups is 1. The van der Waals surface area contributed by atoms with Crippen LogP contribution in [0.2, 0.25) is 5.02 Å². The van der Waals surface area contributed by atoms with Gasteiger partial charge in [0.1, 0.15) is 0 Å². The van der Waals surface area contributed by atoms with Gasteiger partial charge in [0.2, 0.25) is 0 Å². The van der Waals surface area contributed by atoms with Crippen LogP contribution in [0.1, 0.15) is 43.0 Å². The number of amides is 1. The SMILES string of the molecule is CC1CCCC(NC(=O)c2cnccc2Cl)C1. The highest BCUT2D eigenvalue weighted by Gasteiger charge is 2.21. The van der Waals surface area contributed by atoms with Crippen molar-refractivity contribution in [3.8, 4) is 0 Å². The minimum absolute atomic E-state index is 0.109. The molecule has 0 spiro atoms. The largest absolute Gasteiger partial charge is 0.349 e. The molecule has 17 heavy (non-hydrogen) atoms. The smallest absolute Gasteiger partial charge is 0.254 e. The highest BCUT2D eigenvalue weighted by molar-refractivity contribution is 6.33. The normalized spacial score (nSPS) is 24.4. The summed E-state index contributed by atoms with van der Waals surface area (Å²) >= 11 is 5.96. The molecule has 92 valence electrons. The van der Waals surface area contributed by atoms with Gasteiger partial charge in [-0.1, -0.05) is 31.4 Å². The molecule has 1 aromatic rings. The maximum absolute atomic E-state index is 12.0. The van der Waals surface area contributed by atoms with E-state index in [0.717, 1.165) is 12.8 Å².